The van der Waals surface area contributed by atoms with E-state index >= 15 is 0 Å². The molecule has 1 aliphatic heterocycles. The third-order valence-electron chi connectivity index (χ3n) is 8.52. The highest BCUT2D eigenvalue weighted by molar-refractivity contribution is 7.26. The Kier molecular flexibility index (Phi) is 6.75. The maximum atomic E-state index is 5.23. The standard InChI is InChI=1S/C33H35N5S/c1-2-3-17-27-25-15-10-16-26(25)28-29-31(39-33(28)36-27)32(35-22-34-29)38-20-18-37(19-21-38)30(23-11-6-4-7-12-23)24-13-8-5-9-14-24/h4-9,11-14,22,30H,2-3,10,15-21H2,1H3. The second-order valence-electron chi connectivity index (χ2n) is 10.9. The zero-order chi connectivity index (χ0) is 26.2. The highest BCUT2D eigenvalue weighted by atomic mass is 32.1. The average molecular weight is 534 g/mol. The summed E-state index contributed by atoms with van der Waals surface area (Å²) in [5, 5.41) is 1.30. The fourth-order valence-electron chi connectivity index (χ4n) is 6.62. The molecular weight excluding hydrogens is 498 g/mol. The minimum atomic E-state index is 0.262. The minimum absolute atomic E-state index is 0.262. The molecule has 2 aliphatic rings. The van der Waals surface area contributed by atoms with Gasteiger partial charge in [-0.25, -0.2) is 15.0 Å². The molecule has 0 radical (unpaired) electrons. The van der Waals surface area contributed by atoms with Crippen LogP contribution in [0.3, 0.4) is 0 Å². The number of unbranched alkanes of at least 4 members (excludes halogenated alkanes) is 1. The SMILES string of the molecule is CCCCc1nc2sc3c(N4CCN(C(c5ccccc5)c5ccccc5)CC4)ncnc3c2c2c1CCC2. The van der Waals surface area contributed by atoms with Gasteiger partial charge in [-0.05, 0) is 54.4 Å². The molecule has 1 aliphatic carbocycles. The van der Waals surface area contributed by atoms with Crippen LogP contribution in [0.1, 0.15) is 60.2 Å². The number of thiophene rings is 1. The van der Waals surface area contributed by atoms with E-state index in [0.717, 1.165) is 55.2 Å². The van der Waals surface area contributed by atoms with Gasteiger partial charge in [0, 0.05) is 37.3 Å². The van der Waals surface area contributed by atoms with E-state index in [4.69, 9.17) is 15.0 Å². The third kappa shape index (κ3) is 4.50. The van der Waals surface area contributed by atoms with Crippen LogP contribution in [0.25, 0.3) is 20.4 Å². The molecule has 0 spiro atoms. The van der Waals surface area contributed by atoms with Crippen LogP contribution in [0.2, 0.25) is 0 Å². The van der Waals surface area contributed by atoms with Crippen molar-refractivity contribution in [3.8, 4) is 0 Å². The lowest BCUT2D eigenvalue weighted by molar-refractivity contribution is 0.212. The molecule has 198 valence electrons. The monoisotopic (exact) mass is 533 g/mol. The molecule has 7 rings (SSSR count). The molecule has 0 N–H and O–H groups in total. The van der Waals surface area contributed by atoms with Gasteiger partial charge in [-0.1, -0.05) is 74.0 Å². The Morgan fingerprint density at radius 2 is 1.54 bits per heavy atom. The van der Waals surface area contributed by atoms with Crippen LogP contribution in [0.15, 0.2) is 67.0 Å². The first kappa shape index (κ1) is 24.7. The second kappa shape index (κ2) is 10.7. The summed E-state index contributed by atoms with van der Waals surface area (Å²) in [4.78, 5) is 21.2. The van der Waals surface area contributed by atoms with Gasteiger partial charge < -0.3 is 4.90 Å². The number of piperazine rings is 1. The maximum absolute atomic E-state index is 5.23. The lowest BCUT2D eigenvalue weighted by Gasteiger charge is -2.40. The largest absolute Gasteiger partial charge is 0.353 e. The van der Waals surface area contributed by atoms with Gasteiger partial charge in [-0.15, -0.1) is 11.3 Å². The second-order valence-corrected chi connectivity index (χ2v) is 11.9. The molecule has 4 heterocycles. The Morgan fingerprint density at radius 3 is 2.23 bits per heavy atom. The molecule has 2 aromatic carbocycles. The summed E-state index contributed by atoms with van der Waals surface area (Å²) in [6.45, 7) is 6.13. The molecular formula is C33H35N5S. The molecule has 0 atom stereocenters. The molecule has 5 nitrogen and oxygen atoms in total. The van der Waals surface area contributed by atoms with Crippen molar-refractivity contribution >= 4 is 37.6 Å². The first-order valence-corrected chi connectivity index (χ1v) is 15.3. The number of pyridine rings is 1. The van der Waals surface area contributed by atoms with Gasteiger partial charge in [0.25, 0.3) is 0 Å². The number of benzene rings is 2. The summed E-state index contributed by atoms with van der Waals surface area (Å²) < 4.78 is 1.21. The molecule has 0 amide bonds. The Bertz CT molecular complexity index is 1550. The molecule has 1 fully saturated rings. The van der Waals surface area contributed by atoms with E-state index in [2.05, 4.69) is 77.4 Å². The molecule has 5 aromatic rings. The average Bonchev–Trinajstić information content (AvgIpc) is 3.62. The van der Waals surface area contributed by atoms with Crippen molar-refractivity contribution in [3.63, 3.8) is 0 Å². The van der Waals surface area contributed by atoms with Gasteiger partial charge in [-0.3, -0.25) is 4.90 Å². The lowest BCUT2D eigenvalue weighted by atomic mass is 9.96. The first-order valence-electron chi connectivity index (χ1n) is 14.5. The highest BCUT2D eigenvalue weighted by Gasteiger charge is 2.29. The summed E-state index contributed by atoms with van der Waals surface area (Å²) in [5.74, 6) is 1.08. The smallest absolute Gasteiger partial charge is 0.150 e. The van der Waals surface area contributed by atoms with Crippen molar-refractivity contribution in [1.29, 1.82) is 0 Å². The van der Waals surface area contributed by atoms with E-state index in [1.807, 2.05) is 0 Å². The number of rotatable bonds is 7. The number of aryl methyl sites for hydroxylation is 2. The van der Waals surface area contributed by atoms with E-state index in [1.165, 1.54) is 63.7 Å². The number of hydrogen-bond acceptors (Lipinski definition) is 6. The summed E-state index contributed by atoms with van der Waals surface area (Å²) in [6, 6.07) is 22.1. The zero-order valence-corrected chi connectivity index (χ0v) is 23.5. The van der Waals surface area contributed by atoms with Crippen LogP contribution in [0.4, 0.5) is 5.82 Å². The lowest BCUT2D eigenvalue weighted by Crippen LogP contribution is -2.48. The van der Waals surface area contributed by atoms with Crippen molar-refractivity contribution in [3.05, 3.63) is 94.9 Å². The van der Waals surface area contributed by atoms with Crippen molar-refractivity contribution < 1.29 is 0 Å². The van der Waals surface area contributed by atoms with E-state index in [1.54, 1.807) is 17.7 Å². The van der Waals surface area contributed by atoms with Crippen molar-refractivity contribution in [2.75, 3.05) is 31.1 Å². The Morgan fingerprint density at radius 1 is 0.846 bits per heavy atom. The zero-order valence-electron chi connectivity index (χ0n) is 22.6. The molecule has 0 unspecified atom stereocenters. The Balaban J connectivity index is 1.21. The van der Waals surface area contributed by atoms with Crippen LogP contribution < -0.4 is 4.90 Å². The number of hydrogen-bond donors (Lipinski definition) is 0. The number of anilines is 1. The maximum Gasteiger partial charge on any atom is 0.150 e. The minimum Gasteiger partial charge on any atom is -0.353 e. The summed E-state index contributed by atoms with van der Waals surface area (Å²) >= 11 is 1.81. The van der Waals surface area contributed by atoms with Gasteiger partial charge in [0.15, 0.2) is 0 Å². The summed E-state index contributed by atoms with van der Waals surface area (Å²) in [7, 11) is 0. The van der Waals surface area contributed by atoms with Gasteiger partial charge in [0.1, 0.15) is 17.0 Å². The fourth-order valence-corrected chi connectivity index (χ4v) is 7.81. The van der Waals surface area contributed by atoms with Crippen molar-refractivity contribution in [1.82, 2.24) is 19.9 Å². The van der Waals surface area contributed by atoms with Gasteiger partial charge >= 0.3 is 0 Å². The summed E-state index contributed by atoms with van der Waals surface area (Å²) in [5.41, 5.74) is 8.17. The quantitative estimate of drug-likeness (QED) is 0.226. The number of nitrogens with zero attached hydrogens (tertiary/aromatic N) is 5. The van der Waals surface area contributed by atoms with Crippen LogP contribution in [-0.4, -0.2) is 46.0 Å². The predicted molar refractivity (Wildman–Crippen MR) is 162 cm³/mol. The molecule has 6 heteroatoms. The van der Waals surface area contributed by atoms with Gasteiger partial charge in [0.05, 0.1) is 16.3 Å². The van der Waals surface area contributed by atoms with Crippen LogP contribution in [0.5, 0.6) is 0 Å². The molecule has 0 saturated carbocycles. The third-order valence-corrected chi connectivity index (χ3v) is 9.58. The number of fused-ring (bicyclic) bond motifs is 5. The Hall–Kier alpha value is -3.35. The molecule has 3 aromatic heterocycles. The highest BCUT2D eigenvalue weighted by Crippen LogP contribution is 2.42. The normalized spacial score (nSPS) is 16.0. The van der Waals surface area contributed by atoms with E-state index in [0.29, 0.717) is 0 Å². The molecule has 39 heavy (non-hydrogen) atoms. The predicted octanol–water partition coefficient (Wildman–Crippen LogP) is 6.98. The van der Waals surface area contributed by atoms with Crippen LogP contribution in [0, 0.1) is 0 Å². The van der Waals surface area contributed by atoms with Crippen molar-refractivity contribution in [2.24, 2.45) is 0 Å². The topological polar surface area (TPSA) is 45.2 Å². The van der Waals surface area contributed by atoms with Crippen molar-refractivity contribution in [2.45, 2.75) is 51.5 Å². The van der Waals surface area contributed by atoms with E-state index in [9.17, 15) is 0 Å². The summed E-state index contributed by atoms with van der Waals surface area (Å²) in [6.07, 6.45) is 8.83. The van der Waals surface area contributed by atoms with Crippen LogP contribution >= 0.6 is 11.3 Å². The first-order chi connectivity index (χ1) is 19.3. The molecule has 0 bridgehead atoms. The van der Waals surface area contributed by atoms with Gasteiger partial charge in [0.2, 0.25) is 0 Å². The van der Waals surface area contributed by atoms with E-state index < -0.39 is 0 Å². The van der Waals surface area contributed by atoms with E-state index in [-0.39, 0.29) is 6.04 Å². The number of aromatic nitrogens is 3. The van der Waals surface area contributed by atoms with Crippen LogP contribution in [-0.2, 0) is 19.3 Å². The molecule has 1 saturated heterocycles. The Labute approximate surface area is 234 Å². The fraction of sp³-hybridized carbons (Fsp3) is 0.364. The van der Waals surface area contributed by atoms with Gasteiger partial charge in [-0.2, -0.15) is 0 Å².